The Morgan fingerprint density at radius 1 is 0.542 bits per heavy atom. The van der Waals surface area contributed by atoms with Crippen LogP contribution in [0.15, 0.2) is 72.9 Å². The number of likely N-dealkylation sites (N-methyl/N-ethyl adjacent to an activating group) is 1. The third-order valence-electron chi connectivity index (χ3n) is 9.77. The molecule has 342 valence electrons. The number of esters is 1. The first-order valence-electron chi connectivity index (χ1n) is 23.7. The minimum absolute atomic E-state index is 0.0205. The maximum atomic E-state index is 12.7. The number of ether oxygens (including phenoxy) is 2. The van der Waals surface area contributed by atoms with E-state index in [1.807, 2.05) is 21.1 Å². The maximum Gasteiger partial charge on any atom is 0.306 e. The van der Waals surface area contributed by atoms with E-state index < -0.39 is 13.9 Å². The van der Waals surface area contributed by atoms with Crippen molar-refractivity contribution in [1.82, 2.24) is 0 Å². The summed E-state index contributed by atoms with van der Waals surface area (Å²) in [5, 5.41) is 0. The molecule has 8 nitrogen and oxygen atoms in total. The Kier molecular flexibility index (Phi) is 41.1. The molecular formula is C50H90NO7P. The second kappa shape index (κ2) is 42.6. The van der Waals surface area contributed by atoms with Crippen LogP contribution in [0.1, 0.15) is 181 Å². The van der Waals surface area contributed by atoms with E-state index >= 15 is 0 Å². The second-order valence-corrected chi connectivity index (χ2v) is 18.2. The zero-order valence-corrected chi connectivity index (χ0v) is 39.6. The monoisotopic (exact) mass is 848 g/mol. The van der Waals surface area contributed by atoms with Gasteiger partial charge in [-0.05, 0) is 64.2 Å². The van der Waals surface area contributed by atoms with Gasteiger partial charge in [-0.25, -0.2) is 0 Å². The summed E-state index contributed by atoms with van der Waals surface area (Å²) in [5.74, 6) is -0.350. The van der Waals surface area contributed by atoms with Crippen molar-refractivity contribution >= 4 is 13.8 Å². The summed E-state index contributed by atoms with van der Waals surface area (Å²) in [6, 6.07) is 0. The Balaban J connectivity index is 4.20. The molecule has 0 aliphatic heterocycles. The quantitative estimate of drug-likeness (QED) is 0.0198. The summed E-state index contributed by atoms with van der Waals surface area (Å²) < 4.78 is 34.6. The van der Waals surface area contributed by atoms with E-state index in [0.717, 1.165) is 83.5 Å². The normalized spacial score (nSPS) is 14.3. The first-order chi connectivity index (χ1) is 28.6. The molecule has 0 bridgehead atoms. The van der Waals surface area contributed by atoms with Gasteiger partial charge in [0.2, 0.25) is 0 Å². The number of carbonyl (C=O) groups is 1. The predicted molar refractivity (Wildman–Crippen MR) is 249 cm³/mol. The molecule has 0 spiro atoms. The van der Waals surface area contributed by atoms with Gasteiger partial charge in [-0.1, -0.05) is 183 Å². The number of carbonyl (C=O) groups excluding carboxylic acids is 1. The van der Waals surface area contributed by atoms with E-state index in [-0.39, 0.29) is 25.8 Å². The van der Waals surface area contributed by atoms with Crippen molar-refractivity contribution in [2.45, 2.75) is 187 Å². The van der Waals surface area contributed by atoms with Crippen LogP contribution in [0, 0.1) is 0 Å². The molecule has 0 aliphatic carbocycles. The van der Waals surface area contributed by atoms with Gasteiger partial charge in [0.05, 0.1) is 34.4 Å². The zero-order chi connectivity index (χ0) is 43.4. The Morgan fingerprint density at radius 2 is 0.983 bits per heavy atom. The van der Waals surface area contributed by atoms with Gasteiger partial charge in [0, 0.05) is 13.0 Å². The minimum Gasteiger partial charge on any atom is -0.756 e. The van der Waals surface area contributed by atoms with Gasteiger partial charge in [-0.3, -0.25) is 9.36 Å². The topological polar surface area (TPSA) is 94.1 Å². The standard InChI is InChI=1S/C50H90NO7P/c1-6-8-10-12-14-16-18-20-21-22-23-24-25-26-27-28-29-30-31-32-33-35-37-39-41-43-50(52)58-49(48-57-59(53,54)56-46-44-51(3,4)5)47-55-45-42-40-38-36-34-19-17-15-13-11-9-7-2/h8,10,14,16,20-21,23-24,26-27,29-30,49H,6-7,9,11-13,15,17-19,22,25,28,31-48H2,1-5H3/b10-8-,16-14-,21-20-,24-23-,27-26-,30-29-. The Bertz CT molecular complexity index is 1170. The lowest BCUT2D eigenvalue weighted by molar-refractivity contribution is -0.870. The molecule has 0 heterocycles. The summed E-state index contributed by atoms with van der Waals surface area (Å²) in [7, 11) is 1.34. The summed E-state index contributed by atoms with van der Waals surface area (Å²) >= 11 is 0. The fourth-order valence-corrected chi connectivity index (χ4v) is 6.87. The van der Waals surface area contributed by atoms with Crippen molar-refractivity contribution in [2.75, 3.05) is 54.1 Å². The van der Waals surface area contributed by atoms with Crippen molar-refractivity contribution in [2.24, 2.45) is 0 Å². The number of phosphoric ester groups is 1. The highest BCUT2D eigenvalue weighted by Gasteiger charge is 2.20. The van der Waals surface area contributed by atoms with Crippen LogP contribution >= 0.6 is 7.82 Å². The highest BCUT2D eigenvalue weighted by atomic mass is 31.2. The van der Waals surface area contributed by atoms with Crippen LogP contribution in [0.3, 0.4) is 0 Å². The van der Waals surface area contributed by atoms with Crippen molar-refractivity contribution < 1.29 is 37.3 Å². The number of phosphoric acid groups is 1. The SMILES string of the molecule is CC/C=C\C/C=C\C/C=C\C/C=C\C/C=C\C/C=C\CCCCCCCCC(=O)OC(COCCCCCCCCCCCCCC)COP(=O)([O-])OCC[N+](C)(C)C. The lowest BCUT2D eigenvalue weighted by Gasteiger charge is -2.28. The van der Waals surface area contributed by atoms with Crippen LogP contribution in [0.5, 0.6) is 0 Å². The van der Waals surface area contributed by atoms with Crippen molar-refractivity contribution in [3.63, 3.8) is 0 Å². The van der Waals surface area contributed by atoms with E-state index in [9.17, 15) is 14.3 Å². The number of rotatable bonds is 43. The minimum atomic E-state index is -4.53. The van der Waals surface area contributed by atoms with Gasteiger partial charge >= 0.3 is 5.97 Å². The van der Waals surface area contributed by atoms with E-state index in [2.05, 4.69) is 86.8 Å². The fourth-order valence-electron chi connectivity index (χ4n) is 6.14. The number of nitrogens with zero attached hydrogens (tertiary/aromatic N) is 1. The third-order valence-corrected chi connectivity index (χ3v) is 10.7. The van der Waals surface area contributed by atoms with Gasteiger partial charge < -0.3 is 27.9 Å². The average molecular weight is 848 g/mol. The highest BCUT2D eigenvalue weighted by molar-refractivity contribution is 7.45. The Morgan fingerprint density at radius 3 is 1.47 bits per heavy atom. The second-order valence-electron chi connectivity index (χ2n) is 16.7. The first-order valence-corrected chi connectivity index (χ1v) is 25.1. The van der Waals surface area contributed by atoms with Crippen LogP contribution in [0.4, 0.5) is 0 Å². The number of allylic oxidation sites excluding steroid dienone is 12. The molecule has 0 rings (SSSR count). The van der Waals surface area contributed by atoms with Gasteiger partial charge in [0.1, 0.15) is 19.3 Å². The van der Waals surface area contributed by atoms with E-state index in [0.29, 0.717) is 24.1 Å². The predicted octanol–water partition coefficient (Wildman–Crippen LogP) is 13.6. The van der Waals surface area contributed by atoms with Crippen molar-refractivity contribution in [3.05, 3.63) is 72.9 Å². The van der Waals surface area contributed by atoms with E-state index in [1.54, 1.807) is 0 Å². The van der Waals surface area contributed by atoms with Gasteiger partial charge in [0.25, 0.3) is 7.82 Å². The van der Waals surface area contributed by atoms with Crippen molar-refractivity contribution in [3.8, 4) is 0 Å². The zero-order valence-electron chi connectivity index (χ0n) is 38.7. The summed E-state index contributed by atoms with van der Waals surface area (Å²) in [6.45, 7) is 5.27. The summed E-state index contributed by atoms with van der Waals surface area (Å²) in [6.07, 6.45) is 54.9. The third kappa shape index (κ3) is 46.9. The molecule has 0 aromatic heterocycles. The summed E-state index contributed by atoms with van der Waals surface area (Å²) in [5.41, 5.74) is 0. The largest absolute Gasteiger partial charge is 0.756 e. The van der Waals surface area contributed by atoms with Crippen LogP contribution in [-0.2, 0) is 27.9 Å². The molecule has 0 aromatic carbocycles. The average Bonchev–Trinajstić information content (AvgIpc) is 3.19. The van der Waals surface area contributed by atoms with Gasteiger partial charge in [-0.2, -0.15) is 0 Å². The smallest absolute Gasteiger partial charge is 0.306 e. The molecule has 0 N–H and O–H groups in total. The molecule has 0 radical (unpaired) electrons. The molecule has 9 heteroatoms. The molecule has 0 aliphatic rings. The van der Waals surface area contributed by atoms with Gasteiger partial charge in [0.15, 0.2) is 0 Å². The molecule has 0 amide bonds. The molecule has 2 atom stereocenters. The lowest BCUT2D eigenvalue weighted by Crippen LogP contribution is -2.37. The number of hydrogen-bond donors (Lipinski definition) is 0. The Labute approximate surface area is 363 Å². The highest BCUT2D eigenvalue weighted by Crippen LogP contribution is 2.38. The molecule has 0 saturated carbocycles. The van der Waals surface area contributed by atoms with Crippen LogP contribution in [0.25, 0.3) is 0 Å². The molecule has 0 fully saturated rings. The van der Waals surface area contributed by atoms with Crippen LogP contribution in [-0.4, -0.2) is 70.7 Å². The molecule has 0 aromatic rings. The number of unbranched alkanes of at least 4 members (excludes halogenated alkanes) is 17. The van der Waals surface area contributed by atoms with E-state index in [4.69, 9.17) is 18.5 Å². The molecule has 59 heavy (non-hydrogen) atoms. The van der Waals surface area contributed by atoms with E-state index in [1.165, 1.54) is 77.0 Å². The number of quaternary nitrogens is 1. The maximum absolute atomic E-state index is 12.7. The lowest BCUT2D eigenvalue weighted by atomic mass is 10.1. The van der Waals surface area contributed by atoms with Crippen LogP contribution < -0.4 is 4.89 Å². The summed E-state index contributed by atoms with van der Waals surface area (Å²) in [4.78, 5) is 25.1. The molecule has 0 saturated heterocycles. The van der Waals surface area contributed by atoms with Crippen LogP contribution in [0.2, 0.25) is 0 Å². The fraction of sp³-hybridized carbons (Fsp3) is 0.740. The molecular weight excluding hydrogens is 758 g/mol. The van der Waals surface area contributed by atoms with Crippen molar-refractivity contribution in [1.29, 1.82) is 0 Å². The number of hydrogen-bond acceptors (Lipinski definition) is 7. The van der Waals surface area contributed by atoms with Gasteiger partial charge in [-0.15, -0.1) is 0 Å². The first kappa shape index (κ1) is 56.9. The molecule has 2 unspecified atom stereocenters. The Hall–Kier alpha value is -2.06.